The molecule has 1 fully saturated rings. The van der Waals surface area contributed by atoms with Crippen molar-refractivity contribution in [3.05, 3.63) is 70.3 Å². The van der Waals surface area contributed by atoms with Crippen molar-refractivity contribution in [2.75, 3.05) is 24.6 Å². The maximum absolute atomic E-state index is 13.5. The van der Waals surface area contributed by atoms with Gasteiger partial charge in [0.1, 0.15) is 5.75 Å². The fourth-order valence-corrected chi connectivity index (χ4v) is 9.87. The molecule has 2 N–H and O–H groups in total. The first kappa shape index (κ1) is 30.5. The van der Waals surface area contributed by atoms with E-state index in [4.69, 9.17) is 16.3 Å². The van der Waals surface area contributed by atoms with E-state index in [-0.39, 0.29) is 34.7 Å². The number of aryl methyl sites for hydroxylation is 1. The van der Waals surface area contributed by atoms with Crippen LogP contribution in [0.25, 0.3) is 0 Å². The third kappa shape index (κ3) is 5.71. The zero-order valence-corrected chi connectivity index (χ0v) is 26.8. The molecule has 0 radical (unpaired) electrons. The summed E-state index contributed by atoms with van der Waals surface area (Å²) >= 11 is 6.40. The molecule has 9 heteroatoms. The molecule has 1 spiro atoms. The summed E-state index contributed by atoms with van der Waals surface area (Å²) in [6.45, 7) is 7.62. The first-order chi connectivity index (χ1) is 20.5. The van der Waals surface area contributed by atoms with Gasteiger partial charge in [-0.15, -0.1) is 0 Å². The van der Waals surface area contributed by atoms with Crippen molar-refractivity contribution in [1.82, 2.24) is 4.72 Å². The zero-order chi connectivity index (χ0) is 30.5. The zero-order valence-electron chi connectivity index (χ0n) is 25.3. The maximum Gasteiger partial charge on any atom is 0.264 e. The van der Waals surface area contributed by atoms with Crippen molar-refractivity contribution in [1.29, 1.82) is 0 Å². The van der Waals surface area contributed by atoms with Crippen LogP contribution in [-0.2, 0) is 21.9 Å². The molecule has 1 amide bonds. The summed E-state index contributed by atoms with van der Waals surface area (Å²) in [4.78, 5) is 15.8. The molecule has 232 valence electrons. The van der Waals surface area contributed by atoms with Gasteiger partial charge < -0.3 is 14.7 Å². The molecule has 6 rings (SSSR count). The molecule has 0 aromatic heterocycles. The fraction of sp³-hybridized carbons (Fsp3) is 0.559. The number of allylic oxidation sites excluding steroid dienone is 1. The summed E-state index contributed by atoms with van der Waals surface area (Å²) in [6.07, 6.45) is 8.51. The second kappa shape index (κ2) is 11.8. The molecular weight excluding hydrogens is 584 g/mol. The predicted molar refractivity (Wildman–Crippen MR) is 170 cm³/mol. The van der Waals surface area contributed by atoms with E-state index in [1.54, 1.807) is 18.2 Å². The van der Waals surface area contributed by atoms with Crippen LogP contribution in [0.2, 0.25) is 5.02 Å². The van der Waals surface area contributed by atoms with E-state index in [2.05, 4.69) is 21.8 Å². The lowest BCUT2D eigenvalue weighted by atomic mass is 9.68. The van der Waals surface area contributed by atoms with Crippen LogP contribution in [0.1, 0.15) is 74.4 Å². The first-order valence-corrected chi connectivity index (χ1v) is 17.7. The van der Waals surface area contributed by atoms with Crippen molar-refractivity contribution in [3.63, 3.8) is 0 Å². The minimum Gasteiger partial charge on any atom is -0.490 e. The Kier molecular flexibility index (Phi) is 8.33. The minimum absolute atomic E-state index is 0.0916. The summed E-state index contributed by atoms with van der Waals surface area (Å²) in [5.74, 6) is 0.110. The summed E-state index contributed by atoms with van der Waals surface area (Å²) < 4.78 is 35.9. The number of aliphatic hydroxyl groups excluding tert-OH is 1. The number of sulfonamides is 1. The van der Waals surface area contributed by atoms with Crippen LogP contribution >= 0.6 is 11.6 Å². The molecule has 2 aromatic carbocycles. The second-order valence-corrected chi connectivity index (χ2v) is 15.6. The number of carbonyl (C=O) groups is 1. The molecule has 7 nitrogen and oxygen atoms in total. The number of hydrogen-bond donors (Lipinski definition) is 2. The van der Waals surface area contributed by atoms with Gasteiger partial charge >= 0.3 is 0 Å². The summed E-state index contributed by atoms with van der Waals surface area (Å²) in [7, 11) is -3.96. The third-order valence-corrected chi connectivity index (χ3v) is 13.0. The van der Waals surface area contributed by atoms with E-state index in [0.717, 1.165) is 42.8 Å². The molecule has 2 aliphatic heterocycles. The Bertz CT molecular complexity index is 1530. The quantitative estimate of drug-likeness (QED) is 0.384. The number of anilines is 1. The Morgan fingerprint density at radius 1 is 1.14 bits per heavy atom. The average molecular weight is 627 g/mol. The molecule has 0 unspecified atom stereocenters. The standard InChI is InChI=1S/C34H43ClN2O5S/c1-4-32-22(3)21(2)7-13-30(38)27-11-8-25(27)18-37-19-34(15-5-6-23-16-26(35)10-12-28(23)34)20-42-31-14-9-24(17-29(31)37)33(39)36-43(32,40)41/h7,9-10,12-14,16-17,21-22,25,27,30,32,38H,4-6,8,11,15,18-20H2,1-3H3,(H,36,39)/b13-7-/t21-,22+,25-,27+,30-,32-,34-/m0/s1. The van der Waals surface area contributed by atoms with Crippen molar-refractivity contribution in [3.8, 4) is 5.75 Å². The first-order valence-electron chi connectivity index (χ1n) is 15.7. The van der Waals surface area contributed by atoms with Crippen LogP contribution < -0.4 is 14.4 Å². The van der Waals surface area contributed by atoms with Crippen LogP contribution in [0.3, 0.4) is 0 Å². The van der Waals surface area contributed by atoms with Crippen LogP contribution in [0, 0.1) is 23.7 Å². The van der Waals surface area contributed by atoms with Gasteiger partial charge in [0, 0.05) is 29.1 Å². The normalized spacial score (nSPS) is 34.5. The fourth-order valence-electron chi connectivity index (χ4n) is 7.89. The van der Waals surface area contributed by atoms with Crippen LogP contribution in [0.4, 0.5) is 5.69 Å². The van der Waals surface area contributed by atoms with Gasteiger partial charge in [0.15, 0.2) is 0 Å². The Morgan fingerprint density at radius 3 is 2.70 bits per heavy atom. The lowest BCUT2D eigenvalue weighted by molar-refractivity contribution is 0.0453. The highest BCUT2D eigenvalue weighted by atomic mass is 35.5. The SMILES string of the molecule is CC[C@H]1[C@H](C)[C@@H](C)/C=C\[C@H](O)[C@@H]2CC[C@H]2CN2C[C@@]3(CCCc4cc(Cl)ccc43)COc3ccc(cc32)C(=O)NS1(=O)=O. The van der Waals surface area contributed by atoms with E-state index >= 15 is 0 Å². The van der Waals surface area contributed by atoms with E-state index in [9.17, 15) is 18.3 Å². The number of benzene rings is 2. The van der Waals surface area contributed by atoms with Crippen molar-refractivity contribution < 1.29 is 23.1 Å². The smallest absolute Gasteiger partial charge is 0.264 e. The van der Waals surface area contributed by atoms with Gasteiger partial charge in [-0.05, 0) is 104 Å². The second-order valence-electron chi connectivity index (χ2n) is 13.3. The van der Waals surface area contributed by atoms with Crippen LogP contribution in [-0.4, -0.2) is 50.5 Å². The molecule has 4 aliphatic rings. The largest absolute Gasteiger partial charge is 0.490 e. The number of halogens is 1. The monoisotopic (exact) mass is 626 g/mol. The van der Waals surface area contributed by atoms with E-state index in [0.29, 0.717) is 31.9 Å². The Labute approximate surface area is 260 Å². The van der Waals surface area contributed by atoms with Gasteiger partial charge in [-0.2, -0.15) is 0 Å². The highest BCUT2D eigenvalue weighted by Gasteiger charge is 2.44. The number of ether oxygens (including phenoxy) is 1. The molecule has 1 saturated carbocycles. The van der Waals surface area contributed by atoms with Crippen molar-refractivity contribution in [2.24, 2.45) is 23.7 Å². The molecule has 2 aliphatic carbocycles. The molecule has 2 aromatic rings. The van der Waals surface area contributed by atoms with Crippen LogP contribution in [0.15, 0.2) is 48.6 Å². The molecular formula is C34H43ClN2O5S. The molecule has 0 saturated heterocycles. The van der Waals surface area contributed by atoms with Crippen molar-refractivity contribution >= 4 is 33.2 Å². The minimum atomic E-state index is -3.96. The van der Waals surface area contributed by atoms with Gasteiger partial charge in [0.2, 0.25) is 10.0 Å². The third-order valence-electron chi connectivity index (χ3n) is 10.7. The highest BCUT2D eigenvalue weighted by Crippen LogP contribution is 2.47. The number of rotatable bonds is 1. The van der Waals surface area contributed by atoms with E-state index in [1.807, 2.05) is 39.0 Å². The Hall–Kier alpha value is -2.55. The maximum atomic E-state index is 13.5. The van der Waals surface area contributed by atoms with Crippen molar-refractivity contribution in [2.45, 2.75) is 76.1 Å². The van der Waals surface area contributed by atoms with E-state index < -0.39 is 27.3 Å². The number of amides is 1. The number of nitrogens with zero attached hydrogens (tertiary/aromatic N) is 1. The van der Waals surface area contributed by atoms with Gasteiger partial charge in [-0.25, -0.2) is 13.1 Å². The lowest BCUT2D eigenvalue weighted by Gasteiger charge is -2.45. The molecule has 2 bridgehead atoms. The van der Waals surface area contributed by atoms with Gasteiger partial charge in [-0.1, -0.05) is 50.6 Å². The molecule has 7 atom stereocenters. The molecule has 43 heavy (non-hydrogen) atoms. The highest BCUT2D eigenvalue weighted by molar-refractivity contribution is 7.90. The number of nitrogens with one attached hydrogen (secondary N) is 1. The summed E-state index contributed by atoms with van der Waals surface area (Å²) in [5, 5.41) is 11.3. The Morgan fingerprint density at radius 2 is 1.95 bits per heavy atom. The number of aliphatic hydroxyl groups is 1. The van der Waals surface area contributed by atoms with Gasteiger partial charge in [0.05, 0.1) is 23.6 Å². The summed E-state index contributed by atoms with van der Waals surface area (Å²) in [6, 6.07) is 11.4. The average Bonchev–Trinajstić information content (AvgIpc) is 3.10. The topological polar surface area (TPSA) is 95.9 Å². The van der Waals surface area contributed by atoms with Crippen LogP contribution in [0.5, 0.6) is 5.75 Å². The predicted octanol–water partition coefficient (Wildman–Crippen LogP) is 5.88. The van der Waals surface area contributed by atoms with E-state index in [1.165, 1.54) is 11.1 Å². The summed E-state index contributed by atoms with van der Waals surface area (Å²) in [5.41, 5.74) is 3.33. The number of hydrogen-bond acceptors (Lipinski definition) is 6. The molecule has 2 heterocycles. The Balaban J connectivity index is 1.43. The van der Waals surface area contributed by atoms with Gasteiger partial charge in [-0.3, -0.25) is 4.79 Å². The van der Waals surface area contributed by atoms with Gasteiger partial charge in [0.25, 0.3) is 5.91 Å². The lowest BCUT2D eigenvalue weighted by Crippen LogP contribution is -2.49. The number of fused-ring (bicyclic) bond motifs is 4. The number of carbonyl (C=O) groups excluding carboxylic acids is 1.